The Morgan fingerprint density at radius 3 is 2.72 bits per heavy atom. The number of ether oxygens (including phenoxy) is 1. The van der Waals surface area contributed by atoms with E-state index >= 15 is 0 Å². The Kier molecular flexibility index (Phi) is 3.32. The van der Waals surface area contributed by atoms with E-state index in [0.717, 1.165) is 11.3 Å². The summed E-state index contributed by atoms with van der Waals surface area (Å²) in [6, 6.07) is 7.22. The molecule has 0 atom stereocenters. The summed E-state index contributed by atoms with van der Waals surface area (Å²) in [5, 5.41) is 9.45. The van der Waals surface area contributed by atoms with Gasteiger partial charge in [-0.05, 0) is 26.0 Å². The monoisotopic (exact) mass is 245 g/mol. The van der Waals surface area contributed by atoms with E-state index in [9.17, 15) is 4.79 Å². The number of rotatable bonds is 3. The first-order valence-electron chi connectivity index (χ1n) is 5.58. The maximum atomic E-state index is 12.1. The maximum absolute atomic E-state index is 12.1. The first-order valence-corrected chi connectivity index (χ1v) is 5.58. The van der Waals surface area contributed by atoms with Gasteiger partial charge in [0.15, 0.2) is 5.82 Å². The van der Waals surface area contributed by atoms with Crippen LogP contribution in [0.3, 0.4) is 0 Å². The van der Waals surface area contributed by atoms with Crippen LogP contribution in [0.5, 0.6) is 5.75 Å². The number of hydrogen-bond acceptors (Lipinski definition) is 3. The van der Waals surface area contributed by atoms with Gasteiger partial charge in [0.25, 0.3) is 5.91 Å². The van der Waals surface area contributed by atoms with E-state index in [4.69, 9.17) is 4.74 Å². The quantitative estimate of drug-likeness (QED) is 0.871. The van der Waals surface area contributed by atoms with Gasteiger partial charge >= 0.3 is 0 Å². The minimum atomic E-state index is -0.234. The molecule has 0 aliphatic carbocycles. The molecule has 2 N–H and O–H groups in total. The van der Waals surface area contributed by atoms with Crippen LogP contribution in [0.1, 0.15) is 21.6 Å². The van der Waals surface area contributed by atoms with Gasteiger partial charge in [-0.1, -0.05) is 11.6 Å². The predicted molar refractivity (Wildman–Crippen MR) is 69.0 cm³/mol. The van der Waals surface area contributed by atoms with Crippen molar-refractivity contribution in [2.24, 2.45) is 0 Å². The topological polar surface area (TPSA) is 67.0 Å². The number of carbonyl (C=O) groups excluding carboxylic acids is 1. The number of methoxy groups -OCH3 is 1. The Labute approximate surface area is 105 Å². The van der Waals surface area contributed by atoms with Crippen molar-refractivity contribution in [1.82, 2.24) is 10.2 Å². The van der Waals surface area contributed by atoms with Gasteiger partial charge in [0.1, 0.15) is 5.75 Å². The van der Waals surface area contributed by atoms with Crippen molar-refractivity contribution in [2.45, 2.75) is 13.8 Å². The zero-order valence-corrected chi connectivity index (χ0v) is 10.6. The third kappa shape index (κ3) is 2.51. The molecule has 2 rings (SSSR count). The number of aromatic nitrogens is 2. The number of nitrogens with zero attached hydrogens (tertiary/aromatic N) is 1. The first kappa shape index (κ1) is 12.2. The van der Waals surface area contributed by atoms with Crippen molar-refractivity contribution in [1.29, 1.82) is 0 Å². The van der Waals surface area contributed by atoms with E-state index in [1.807, 2.05) is 19.9 Å². The molecule has 0 aliphatic rings. The molecule has 0 aliphatic heterocycles. The highest BCUT2D eigenvalue weighted by atomic mass is 16.5. The Morgan fingerprint density at radius 1 is 1.33 bits per heavy atom. The van der Waals surface area contributed by atoms with Gasteiger partial charge in [0, 0.05) is 11.8 Å². The second-order valence-electron chi connectivity index (χ2n) is 4.09. The number of H-pyrrole nitrogens is 1. The summed E-state index contributed by atoms with van der Waals surface area (Å²) >= 11 is 0. The van der Waals surface area contributed by atoms with Crippen LogP contribution in [-0.2, 0) is 0 Å². The summed E-state index contributed by atoms with van der Waals surface area (Å²) in [5.41, 5.74) is 2.39. The highest BCUT2D eigenvalue weighted by molar-refractivity contribution is 6.05. The van der Waals surface area contributed by atoms with Gasteiger partial charge < -0.3 is 10.1 Å². The standard InChI is InChI=1S/C13H15N3O2/c1-8-4-5-11(18-3)10(6-8)13(17)14-12-7-9(2)15-16-12/h4-7H,1-3H3,(H2,14,15,16,17). The molecule has 2 aromatic rings. The van der Waals surface area contributed by atoms with E-state index in [1.165, 1.54) is 0 Å². The van der Waals surface area contributed by atoms with Crippen molar-refractivity contribution in [3.05, 3.63) is 41.1 Å². The molecule has 0 unspecified atom stereocenters. The molecule has 0 saturated heterocycles. The molecular formula is C13H15N3O2. The molecule has 1 amide bonds. The number of benzene rings is 1. The van der Waals surface area contributed by atoms with Crippen LogP contribution in [0.15, 0.2) is 24.3 Å². The fraction of sp³-hybridized carbons (Fsp3) is 0.231. The molecule has 1 aromatic carbocycles. The molecule has 94 valence electrons. The fourth-order valence-electron chi connectivity index (χ4n) is 1.66. The molecule has 0 bridgehead atoms. The first-order chi connectivity index (χ1) is 8.60. The van der Waals surface area contributed by atoms with Crippen molar-refractivity contribution < 1.29 is 9.53 Å². The molecule has 5 heteroatoms. The van der Waals surface area contributed by atoms with Crippen LogP contribution < -0.4 is 10.1 Å². The molecule has 18 heavy (non-hydrogen) atoms. The lowest BCUT2D eigenvalue weighted by Gasteiger charge is -2.08. The van der Waals surface area contributed by atoms with Crippen molar-refractivity contribution in [3.8, 4) is 5.75 Å². The molecule has 1 heterocycles. The van der Waals surface area contributed by atoms with Crippen LogP contribution >= 0.6 is 0 Å². The maximum Gasteiger partial charge on any atom is 0.260 e. The average Bonchev–Trinajstić information content (AvgIpc) is 2.74. The van der Waals surface area contributed by atoms with E-state index in [1.54, 1.807) is 25.3 Å². The second-order valence-corrected chi connectivity index (χ2v) is 4.09. The number of hydrogen-bond donors (Lipinski definition) is 2. The third-order valence-electron chi connectivity index (χ3n) is 2.55. The van der Waals surface area contributed by atoms with E-state index in [2.05, 4.69) is 15.5 Å². The average molecular weight is 245 g/mol. The Bertz CT molecular complexity index is 575. The molecule has 0 spiro atoms. The number of aromatic amines is 1. The summed E-state index contributed by atoms with van der Waals surface area (Å²) < 4.78 is 5.18. The molecule has 0 fully saturated rings. The van der Waals surface area contributed by atoms with Gasteiger partial charge in [-0.25, -0.2) is 0 Å². The van der Waals surface area contributed by atoms with E-state index in [0.29, 0.717) is 17.1 Å². The summed E-state index contributed by atoms with van der Waals surface area (Å²) in [6.45, 7) is 3.80. The molecular weight excluding hydrogens is 230 g/mol. The van der Waals surface area contributed by atoms with Crippen molar-refractivity contribution in [2.75, 3.05) is 12.4 Å². The largest absolute Gasteiger partial charge is 0.496 e. The zero-order chi connectivity index (χ0) is 13.1. The van der Waals surface area contributed by atoms with Gasteiger partial charge in [0.05, 0.1) is 12.7 Å². The number of amides is 1. The van der Waals surface area contributed by atoms with Crippen molar-refractivity contribution >= 4 is 11.7 Å². The van der Waals surface area contributed by atoms with E-state index in [-0.39, 0.29) is 5.91 Å². The van der Waals surface area contributed by atoms with Gasteiger partial charge in [-0.3, -0.25) is 9.89 Å². The van der Waals surface area contributed by atoms with Crippen LogP contribution in [0.4, 0.5) is 5.82 Å². The summed E-state index contributed by atoms with van der Waals surface area (Å²) in [5.74, 6) is 0.813. The minimum absolute atomic E-state index is 0.234. The highest BCUT2D eigenvalue weighted by Gasteiger charge is 2.13. The molecule has 0 saturated carbocycles. The number of carbonyl (C=O) groups is 1. The van der Waals surface area contributed by atoms with Gasteiger partial charge in [0.2, 0.25) is 0 Å². The lowest BCUT2D eigenvalue weighted by molar-refractivity contribution is 0.102. The molecule has 1 aromatic heterocycles. The lowest BCUT2D eigenvalue weighted by atomic mass is 10.1. The summed E-state index contributed by atoms with van der Waals surface area (Å²) in [4.78, 5) is 12.1. The van der Waals surface area contributed by atoms with Crippen molar-refractivity contribution in [3.63, 3.8) is 0 Å². The Morgan fingerprint density at radius 2 is 2.11 bits per heavy atom. The number of nitrogens with one attached hydrogen (secondary N) is 2. The van der Waals surface area contributed by atoms with Crippen LogP contribution in [0.2, 0.25) is 0 Å². The SMILES string of the molecule is COc1ccc(C)cc1C(=O)Nc1cc(C)[nH]n1. The number of aryl methyl sites for hydroxylation is 2. The van der Waals surface area contributed by atoms with E-state index < -0.39 is 0 Å². The fourth-order valence-corrected chi connectivity index (χ4v) is 1.66. The minimum Gasteiger partial charge on any atom is -0.496 e. The summed E-state index contributed by atoms with van der Waals surface area (Å²) in [7, 11) is 1.54. The highest BCUT2D eigenvalue weighted by Crippen LogP contribution is 2.20. The smallest absolute Gasteiger partial charge is 0.260 e. The third-order valence-corrected chi connectivity index (χ3v) is 2.55. The van der Waals surface area contributed by atoms with Crippen LogP contribution in [0.25, 0.3) is 0 Å². The van der Waals surface area contributed by atoms with Crippen LogP contribution in [-0.4, -0.2) is 23.2 Å². The van der Waals surface area contributed by atoms with Gasteiger partial charge in [-0.2, -0.15) is 5.10 Å². The molecule has 5 nitrogen and oxygen atoms in total. The lowest BCUT2D eigenvalue weighted by Crippen LogP contribution is -2.13. The molecule has 0 radical (unpaired) electrons. The normalized spacial score (nSPS) is 10.2. The predicted octanol–water partition coefficient (Wildman–Crippen LogP) is 2.29. The Hall–Kier alpha value is -2.30. The second kappa shape index (κ2) is 4.91. The summed E-state index contributed by atoms with van der Waals surface area (Å²) in [6.07, 6.45) is 0. The van der Waals surface area contributed by atoms with Gasteiger partial charge in [-0.15, -0.1) is 0 Å². The Balaban J connectivity index is 2.25. The number of anilines is 1. The van der Waals surface area contributed by atoms with Crippen LogP contribution in [0, 0.1) is 13.8 Å². The zero-order valence-electron chi connectivity index (χ0n) is 10.6.